The van der Waals surface area contributed by atoms with Crippen LogP contribution in [0.3, 0.4) is 0 Å². The topological polar surface area (TPSA) is 12.5 Å². The van der Waals surface area contributed by atoms with E-state index < -0.39 is 0 Å². The van der Waals surface area contributed by atoms with Crippen LogP contribution >= 0.6 is 0 Å². The molecule has 4 rings (SSSR count). The van der Waals surface area contributed by atoms with Gasteiger partial charge in [-0.25, -0.2) is 0 Å². The van der Waals surface area contributed by atoms with E-state index in [0.29, 0.717) is 0 Å². The maximum Gasteiger partial charge on any atom is 0.156 e. The third kappa shape index (κ3) is 1.64. The minimum absolute atomic E-state index is 0.186. The van der Waals surface area contributed by atoms with Gasteiger partial charge in [-0.15, -0.1) is 0 Å². The number of hydrogen-bond donors (Lipinski definition) is 0. The normalized spacial score (nSPS) is 26.8. The fourth-order valence-electron chi connectivity index (χ4n) is 3.57. The summed E-state index contributed by atoms with van der Waals surface area (Å²) >= 11 is 0. The van der Waals surface area contributed by atoms with Gasteiger partial charge in [-0.3, -0.25) is 0 Å². The van der Waals surface area contributed by atoms with E-state index in [1.807, 2.05) is 0 Å². The molecular weight excluding hydrogens is 246 g/mol. The van der Waals surface area contributed by atoms with E-state index in [9.17, 15) is 0 Å². The van der Waals surface area contributed by atoms with Crippen molar-refractivity contribution < 1.29 is 4.74 Å². The van der Waals surface area contributed by atoms with Gasteiger partial charge in [0.15, 0.2) is 5.60 Å². The first-order valence-electron chi connectivity index (χ1n) is 7.40. The van der Waals surface area contributed by atoms with E-state index in [2.05, 4.69) is 60.5 Å². The minimum Gasteiger partial charge on any atom is -0.480 e. The molecule has 0 saturated carbocycles. The smallest absolute Gasteiger partial charge is 0.156 e. The molecule has 0 radical (unpaired) electrons. The lowest BCUT2D eigenvalue weighted by Gasteiger charge is -2.42. The Balaban J connectivity index is 1.80. The van der Waals surface area contributed by atoms with Crippen LogP contribution in [0.2, 0.25) is 0 Å². The Kier molecular flexibility index (Phi) is 2.53. The Bertz CT molecular complexity index is 614. The predicted octanol–water partition coefficient (Wildman–Crippen LogP) is 3.47. The van der Waals surface area contributed by atoms with E-state index in [1.165, 1.54) is 16.7 Å². The molecule has 20 heavy (non-hydrogen) atoms. The largest absolute Gasteiger partial charge is 0.480 e. The molecule has 0 fully saturated rings. The number of likely N-dealkylation sites (N-methyl/N-ethyl adjacent to an activating group) is 1. The zero-order chi connectivity index (χ0) is 13.6. The Labute approximate surface area is 120 Å². The summed E-state index contributed by atoms with van der Waals surface area (Å²) < 4.78 is 6.45. The van der Waals surface area contributed by atoms with Crippen LogP contribution in [0, 0.1) is 0 Å². The number of allylic oxidation sites excluding steroid dienone is 3. The van der Waals surface area contributed by atoms with Gasteiger partial charge in [0.2, 0.25) is 0 Å². The van der Waals surface area contributed by atoms with Crippen LogP contribution in [-0.4, -0.2) is 23.6 Å². The van der Waals surface area contributed by atoms with E-state index in [-0.39, 0.29) is 5.60 Å². The van der Waals surface area contributed by atoms with Crippen LogP contribution in [-0.2, 0) is 6.42 Å². The predicted molar refractivity (Wildman–Crippen MR) is 80.7 cm³/mol. The second-order valence-electron chi connectivity index (χ2n) is 5.81. The van der Waals surface area contributed by atoms with Crippen LogP contribution in [0.15, 0.2) is 59.8 Å². The van der Waals surface area contributed by atoms with Crippen molar-refractivity contribution in [3.8, 4) is 5.75 Å². The summed E-state index contributed by atoms with van der Waals surface area (Å²) in [7, 11) is 0. The highest BCUT2D eigenvalue weighted by Gasteiger charge is 2.46. The Morgan fingerprint density at radius 3 is 3.05 bits per heavy atom. The first kappa shape index (κ1) is 11.8. The summed E-state index contributed by atoms with van der Waals surface area (Å²) in [4.78, 5) is 2.39. The molecule has 0 N–H and O–H groups in total. The second-order valence-corrected chi connectivity index (χ2v) is 5.81. The van der Waals surface area contributed by atoms with Crippen LogP contribution in [0.25, 0.3) is 0 Å². The molecule has 1 aromatic carbocycles. The van der Waals surface area contributed by atoms with Gasteiger partial charge in [0.25, 0.3) is 0 Å². The highest BCUT2D eigenvalue weighted by molar-refractivity contribution is 5.53. The molecule has 0 amide bonds. The van der Waals surface area contributed by atoms with Crippen molar-refractivity contribution in [1.82, 2.24) is 4.90 Å². The lowest BCUT2D eigenvalue weighted by Crippen LogP contribution is -2.50. The van der Waals surface area contributed by atoms with Crippen molar-refractivity contribution in [3.63, 3.8) is 0 Å². The molecule has 102 valence electrons. The van der Waals surface area contributed by atoms with E-state index in [1.54, 1.807) is 0 Å². The quantitative estimate of drug-likeness (QED) is 0.771. The number of para-hydroxylation sites is 1. The molecule has 3 aliphatic rings. The van der Waals surface area contributed by atoms with Gasteiger partial charge in [0, 0.05) is 24.7 Å². The van der Waals surface area contributed by atoms with Crippen molar-refractivity contribution in [3.05, 3.63) is 65.4 Å². The van der Waals surface area contributed by atoms with E-state index >= 15 is 0 Å². The lowest BCUT2D eigenvalue weighted by molar-refractivity contribution is 0.0919. The summed E-state index contributed by atoms with van der Waals surface area (Å²) in [6, 6.07) is 8.45. The third-order valence-corrected chi connectivity index (χ3v) is 4.53. The molecule has 2 aliphatic heterocycles. The fourth-order valence-corrected chi connectivity index (χ4v) is 3.57. The minimum atomic E-state index is -0.186. The molecule has 0 aromatic heterocycles. The highest BCUT2D eigenvalue weighted by Crippen LogP contribution is 2.45. The number of hydrogen-bond acceptors (Lipinski definition) is 2. The Morgan fingerprint density at radius 2 is 2.20 bits per heavy atom. The fraction of sp³-hybridized carbons (Fsp3) is 0.333. The van der Waals surface area contributed by atoms with Crippen molar-refractivity contribution >= 4 is 0 Å². The molecule has 1 aromatic rings. The summed E-state index contributed by atoms with van der Waals surface area (Å²) in [5.41, 5.74) is 3.93. The molecule has 1 spiro atoms. The maximum atomic E-state index is 6.45. The summed E-state index contributed by atoms with van der Waals surface area (Å²) in [5, 5.41) is 0. The molecule has 1 unspecified atom stereocenters. The summed E-state index contributed by atoms with van der Waals surface area (Å²) in [5.74, 6) is 1.06. The average Bonchev–Trinajstić information content (AvgIpc) is 2.85. The highest BCUT2D eigenvalue weighted by atomic mass is 16.5. The standard InChI is InChI=1S/C18H19NO/c1-2-19-12-15-8-3-5-9-16(15)18(13-19)11-14-7-4-6-10-17(14)20-18/h3-7,9-10,12H,2,8,11,13H2,1H3. The zero-order valence-corrected chi connectivity index (χ0v) is 11.8. The van der Waals surface area contributed by atoms with Gasteiger partial charge in [0.05, 0.1) is 6.54 Å². The van der Waals surface area contributed by atoms with Gasteiger partial charge in [0.1, 0.15) is 5.75 Å². The van der Waals surface area contributed by atoms with E-state index in [0.717, 1.165) is 31.7 Å². The van der Waals surface area contributed by atoms with Crippen LogP contribution in [0.1, 0.15) is 18.9 Å². The van der Waals surface area contributed by atoms with Crippen molar-refractivity contribution in [2.24, 2.45) is 0 Å². The SMILES string of the molecule is CCN1C=C2CC=CC=C2C2(Cc3ccccc3O2)C1. The molecule has 2 heteroatoms. The number of ether oxygens (including phenoxy) is 1. The maximum absolute atomic E-state index is 6.45. The zero-order valence-electron chi connectivity index (χ0n) is 11.8. The van der Waals surface area contributed by atoms with Crippen LogP contribution < -0.4 is 4.74 Å². The Hall–Kier alpha value is -1.96. The molecule has 2 nitrogen and oxygen atoms in total. The number of fused-ring (bicyclic) bond motifs is 3. The molecule has 1 aliphatic carbocycles. The number of nitrogens with zero attached hydrogens (tertiary/aromatic N) is 1. The van der Waals surface area contributed by atoms with Gasteiger partial charge < -0.3 is 9.64 Å². The summed E-state index contributed by atoms with van der Waals surface area (Å²) in [6.07, 6.45) is 11.0. The van der Waals surface area contributed by atoms with Crippen molar-refractivity contribution in [2.45, 2.75) is 25.4 Å². The molecule has 0 bridgehead atoms. The number of rotatable bonds is 1. The van der Waals surface area contributed by atoms with Gasteiger partial charge >= 0.3 is 0 Å². The first-order chi connectivity index (χ1) is 9.81. The van der Waals surface area contributed by atoms with Crippen LogP contribution in [0.4, 0.5) is 0 Å². The van der Waals surface area contributed by atoms with Crippen LogP contribution in [0.5, 0.6) is 5.75 Å². The molecule has 2 heterocycles. The third-order valence-electron chi connectivity index (χ3n) is 4.53. The first-order valence-corrected chi connectivity index (χ1v) is 7.40. The lowest BCUT2D eigenvalue weighted by atomic mass is 9.79. The summed E-state index contributed by atoms with van der Waals surface area (Å²) in [6.45, 7) is 4.18. The van der Waals surface area contributed by atoms with Gasteiger partial charge in [-0.1, -0.05) is 36.4 Å². The second kappa shape index (κ2) is 4.27. The molecule has 0 saturated heterocycles. The van der Waals surface area contributed by atoms with Crippen molar-refractivity contribution in [1.29, 1.82) is 0 Å². The van der Waals surface area contributed by atoms with E-state index in [4.69, 9.17) is 4.74 Å². The molecular formula is C18H19NO. The van der Waals surface area contributed by atoms with Gasteiger partial charge in [-0.05, 0) is 30.5 Å². The number of benzene rings is 1. The molecule has 1 atom stereocenters. The van der Waals surface area contributed by atoms with Gasteiger partial charge in [-0.2, -0.15) is 0 Å². The average molecular weight is 265 g/mol. The Morgan fingerprint density at radius 1 is 1.30 bits per heavy atom. The monoisotopic (exact) mass is 265 g/mol. The van der Waals surface area contributed by atoms with Crippen molar-refractivity contribution in [2.75, 3.05) is 13.1 Å².